The van der Waals surface area contributed by atoms with Crippen molar-refractivity contribution in [2.75, 3.05) is 59.1 Å². The third-order valence-corrected chi connectivity index (χ3v) is 11.1. The van der Waals surface area contributed by atoms with Gasteiger partial charge in [0, 0.05) is 32.6 Å². The molecule has 0 bridgehead atoms. The first-order chi connectivity index (χ1) is 27.3. The Kier molecular flexibility index (Phi) is 39.9. The molecule has 0 radical (unpaired) electrons. The van der Waals surface area contributed by atoms with Gasteiger partial charge in [0.05, 0.1) is 12.5 Å². The van der Waals surface area contributed by atoms with Crippen molar-refractivity contribution in [1.29, 1.82) is 0 Å². The van der Waals surface area contributed by atoms with Crippen molar-refractivity contribution in [2.24, 2.45) is 5.92 Å². The van der Waals surface area contributed by atoms with E-state index in [9.17, 15) is 14.4 Å². The summed E-state index contributed by atoms with van der Waals surface area (Å²) in [7, 11) is 0. The normalized spacial score (nSPS) is 12.1. The lowest BCUT2D eigenvalue weighted by atomic mass is 9.94. The number of carbonyl (C=O) groups excluding carboxylic acids is 3. The summed E-state index contributed by atoms with van der Waals surface area (Å²) in [4.78, 5) is 42.7. The maximum atomic E-state index is 13.2. The standard InChI is InChI=1S/C47H92N2O7/c1-7-13-17-25-31-43(32-26-18-14-8-2)46(51)54-41-38-49(37-36-48(11-5)12-6)39-42-55-47(52)56-44(33-27-19-15-9-3)34-28-23-21-22-24-29-35-45(50)53-40-30-20-16-10-4/h43-44H,7-42H2,1-6H3. The number of hydrogen-bond acceptors (Lipinski definition) is 9. The fourth-order valence-corrected chi connectivity index (χ4v) is 7.19. The Morgan fingerprint density at radius 1 is 0.429 bits per heavy atom. The highest BCUT2D eigenvalue weighted by molar-refractivity contribution is 5.72. The van der Waals surface area contributed by atoms with E-state index in [-0.39, 0.29) is 30.6 Å². The zero-order valence-electron chi connectivity index (χ0n) is 37.9. The second-order valence-electron chi connectivity index (χ2n) is 16.1. The van der Waals surface area contributed by atoms with Crippen LogP contribution in [0.5, 0.6) is 0 Å². The molecule has 1 unspecified atom stereocenters. The van der Waals surface area contributed by atoms with E-state index >= 15 is 0 Å². The number of esters is 2. The number of likely N-dealkylation sites (N-methyl/N-ethyl adjacent to an activating group) is 1. The van der Waals surface area contributed by atoms with Crippen LogP contribution in [-0.4, -0.2) is 93.1 Å². The molecule has 0 fully saturated rings. The zero-order chi connectivity index (χ0) is 41.3. The van der Waals surface area contributed by atoms with Crippen molar-refractivity contribution in [3.8, 4) is 0 Å². The van der Waals surface area contributed by atoms with Crippen molar-refractivity contribution in [3.05, 3.63) is 0 Å². The van der Waals surface area contributed by atoms with Gasteiger partial charge in [-0.2, -0.15) is 0 Å². The highest BCUT2D eigenvalue weighted by Gasteiger charge is 2.21. The minimum Gasteiger partial charge on any atom is -0.466 e. The molecule has 0 aromatic rings. The Morgan fingerprint density at radius 3 is 1.41 bits per heavy atom. The highest BCUT2D eigenvalue weighted by Crippen LogP contribution is 2.21. The number of nitrogens with zero attached hydrogens (tertiary/aromatic N) is 2. The van der Waals surface area contributed by atoms with Crippen LogP contribution in [0.4, 0.5) is 4.79 Å². The van der Waals surface area contributed by atoms with Gasteiger partial charge in [0.15, 0.2) is 0 Å². The van der Waals surface area contributed by atoms with E-state index in [1.54, 1.807) is 0 Å². The SMILES string of the molecule is CCCCCCOC(=O)CCCCCCCCC(CCCCCC)OC(=O)OCCN(CCOC(=O)C(CCCCCC)CCCCCC)CCN(CC)CC. The minimum atomic E-state index is -0.577. The summed E-state index contributed by atoms with van der Waals surface area (Å²) in [5.41, 5.74) is 0. The van der Waals surface area contributed by atoms with Crippen LogP contribution in [0, 0.1) is 5.92 Å². The molecule has 9 nitrogen and oxygen atoms in total. The molecule has 0 aliphatic carbocycles. The molecular weight excluding hydrogens is 705 g/mol. The van der Waals surface area contributed by atoms with E-state index in [1.807, 2.05) is 0 Å². The van der Waals surface area contributed by atoms with E-state index in [2.05, 4.69) is 51.3 Å². The molecule has 0 N–H and O–H groups in total. The van der Waals surface area contributed by atoms with Gasteiger partial charge in [-0.15, -0.1) is 0 Å². The molecule has 1 atom stereocenters. The highest BCUT2D eigenvalue weighted by atomic mass is 16.7. The third-order valence-electron chi connectivity index (χ3n) is 11.1. The smallest absolute Gasteiger partial charge is 0.466 e. The molecule has 0 saturated heterocycles. The first kappa shape index (κ1) is 54.1. The summed E-state index contributed by atoms with van der Waals surface area (Å²) in [6.45, 7) is 19.2. The first-order valence-electron chi connectivity index (χ1n) is 23.9. The summed E-state index contributed by atoms with van der Waals surface area (Å²) < 4.78 is 22.8. The van der Waals surface area contributed by atoms with Crippen LogP contribution in [-0.2, 0) is 28.5 Å². The van der Waals surface area contributed by atoms with E-state index in [0.717, 1.165) is 129 Å². The minimum absolute atomic E-state index is 0.00659. The number of carbonyl (C=O) groups is 3. The summed E-state index contributed by atoms with van der Waals surface area (Å²) in [5, 5.41) is 0. The molecule has 0 aliphatic rings. The molecule has 0 saturated carbocycles. The Bertz CT molecular complexity index is 873. The van der Waals surface area contributed by atoms with E-state index < -0.39 is 6.16 Å². The van der Waals surface area contributed by atoms with Crippen molar-refractivity contribution < 1.29 is 33.3 Å². The van der Waals surface area contributed by atoms with Gasteiger partial charge >= 0.3 is 18.1 Å². The first-order valence-corrected chi connectivity index (χ1v) is 23.9. The van der Waals surface area contributed by atoms with Crippen LogP contribution in [0.1, 0.15) is 215 Å². The Hall–Kier alpha value is -1.87. The second-order valence-corrected chi connectivity index (χ2v) is 16.1. The zero-order valence-corrected chi connectivity index (χ0v) is 37.9. The maximum Gasteiger partial charge on any atom is 0.508 e. The van der Waals surface area contributed by atoms with Crippen LogP contribution >= 0.6 is 0 Å². The van der Waals surface area contributed by atoms with Crippen LogP contribution in [0.25, 0.3) is 0 Å². The molecular formula is C47H92N2O7. The maximum absolute atomic E-state index is 13.2. The van der Waals surface area contributed by atoms with Crippen LogP contribution in [0.2, 0.25) is 0 Å². The largest absolute Gasteiger partial charge is 0.508 e. The van der Waals surface area contributed by atoms with Gasteiger partial charge in [-0.1, -0.05) is 157 Å². The molecule has 0 heterocycles. The van der Waals surface area contributed by atoms with Crippen molar-refractivity contribution in [2.45, 2.75) is 221 Å². The quantitative estimate of drug-likeness (QED) is 0.0340. The second kappa shape index (κ2) is 41.3. The molecule has 0 amide bonds. The number of rotatable bonds is 42. The van der Waals surface area contributed by atoms with E-state index in [1.165, 1.54) is 64.2 Å². The lowest BCUT2D eigenvalue weighted by Gasteiger charge is -2.26. The molecule has 332 valence electrons. The van der Waals surface area contributed by atoms with E-state index in [0.29, 0.717) is 32.7 Å². The fraction of sp³-hybridized carbons (Fsp3) is 0.936. The van der Waals surface area contributed by atoms with Gasteiger partial charge in [-0.25, -0.2) is 4.79 Å². The Balaban J connectivity index is 4.83. The molecule has 0 aromatic carbocycles. The van der Waals surface area contributed by atoms with Gasteiger partial charge in [0.1, 0.15) is 19.3 Å². The molecule has 56 heavy (non-hydrogen) atoms. The summed E-state index contributed by atoms with van der Waals surface area (Å²) >= 11 is 0. The van der Waals surface area contributed by atoms with E-state index in [4.69, 9.17) is 18.9 Å². The lowest BCUT2D eigenvalue weighted by Crippen LogP contribution is -2.39. The topological polar surface area (TPSA) is 94.6 Å². The Labute approximate surface area is 346 Å². The van der Waals surface area contributed by atoms with Gasteiger partial charge in [0.25, 0.3) is 0 Å². The molecule has 0 aliphatic heterocycles. The average Bonchev–Trinajstić information content (AvgIpc) is 3.19. The summed E-state index contributed by atoms with van der Waals surface area (Å²) in [6.07, 6.45) is 28.1. The number of hydrogen-bond donors (Lipinski definition) is 0. The molecule has 9 heteroatoms. The van der Waals surface area contributed by atoms with Gasteiger partial charge in [-0.05, 0) is 64.5 Å². The van der Waals surface area contributed by atoms with Gasteiger partial charge in [0.2, 0.25) is 0 Å². The predicted octanol–water partition coefficient (Wildman–Crippen LogP) is 12.5. The molecule has 0 aromatic heterocycles. The van der Waals surface area contributed by atoms with Gasteiger partial charge < -0.3 is 23.8 Å². The van der Waals surface area contributed by atoms with Crippen molar-refractivity contribution in [1.82, 2.24) is 9.80 Å². The van der Waals surface area contributed by atoms with Crippen LogP contribution in [0.15, 0.2) is 0 Å². The molecule has 0 rings (SSSR count). The van der Waals surface area contributed by atoms with Crippen LogP contribution < -0.4 is 0 Å². The molecule has 0 spiro atoms. The summed E-state index contributed by atoms with van der Waals surface area (Å²) in [6, 6.07) is 0. The Morgan fingerprint density at radius 2 is 0.875 bits per heavy atom. The summed E-state index contributed by atoms with van der Waals surface area (Å²) in [5.74, 6) is -0.112. The number of unbranched alkanes of at least 4 members (excludes halogenated alkanes) is 17. The van der Waals surface area contributed by atoms with Crippen molar-refractivity contribution >= 4 is 18.1 Å². The van der Waals surface area contributed by atoms with Gasteiger partial charge in [-0.3, -0.25) is 14.5 Å². The van der Waals surface area contributed by atoms with Crippen LogP contribution in [0.3, 0.4) is 0 Å². The average molecular weight is 797 g/mol. The van der Waals surface area contributed by atoms with Crippen molar-refractivity contribution in [3.63, 3.8) is 0 Å². The lowest BCUT2D eigenvalue weighted by molar-refractivity contribution is -0.149. The fourth-order valence-electron chi connectivity index (χ4n) is 7.19. The monoisotopic (exact) mass is 797 g/mol. The number of ether oxygens (including phenoxy) is 4. The predicted molar refractivity (Wildman–Crippen MR) is 233 cm³/mol. The third kappa shape index (κ3) is 34.2.